The van der Waals surface area contributed by atoms with Crippen LogP contribution in [0.4, 0.5) is 27.1 Å². The summed E-state index contributed by atoms with van der Waals surface area (Å²) in [6, 6.07) is 5.37. The van der Waals surface area contributed by atoms with Gasteiger partial charge < -0.3 is 36.8 Å². The lowest BCUT2D eigenvalue weighted by Crippen LogP contribution is -2.40. The molecule has 0 aliphatic rings. The molecule has 1 aromatic carbocycles. The molecule has 0 saturated carbocycles. The Morgan fingerprint density at radius 2 is 1.64 bits per heavy atom. The number of anilines is 3. The highest BCUT2D eigenvalue weighted by molar-refractivity contribution is 7.20. The van der Waals surface area contributed by atoms with Crippen molar-refractivity contribution >= 4 is 38.4 Å². The zero-order valence-corrected chi connectivity index (χ0v) is 16.7. The first-order chi connectivity index (χ1) is 13.3. The number of nitrogens with two attached hydrogens (primary N) is 2. The summed E-state index contributed by atoms with van der Waals surface area (Å²) in [4.78, 5) is 1.69. The summed E-state index contributed by atoms with van der Waals surface area (Å²) >= 11 is 1.27. The monoisotopic (exact) mass is 409 g/mol. The van der Waals surface area contributed by atoms with E-state index in [4.69, 9.17) is 21.7 Å². The molecule has 0 amide bonds. The lowest BCUT2D eigenvalue weighted by molar-refractivity contribution is 0.0839. The van der Waals surface area contributed by atoms with Crippen LogP contribution in [0.15, 0.2) is 28.4 Å². The molecule has 8 N–H and O–H groups in total. The molecule has 0 fully saturated rings. The van der Waals surface area contributed by atoms with Gasteiger partial charge in [0.05, 0.1) is 41.8 Å². The van der Waals surface area contributed by atoms with E-state index in [0.717, 1.165) is 11.1 Å². The molecule has 0 saturated heterocycles. The number of nitrogens with zero attached hydrogens (tertiary/aromatic N) is 3. The highest BCUT2D eigenvalue weighted by Gasteiger charge is 2.17. The van der Waals surface area contributed by atoms with E-state index in [1.165, 1.54) is 11.3 Å². The molecule has 9 nitrogen and oxygen atoms in total. The molecule has 10 heteroatoms. The fraction of sp³-hybridized carbons (Fsp3) is 0.444. The van der Waals surface area contributed by atoms with Crippen molar-refractivity contribution in [2.45, 2.75) is 26.1 Å². The van der Waals surface area contributed by atoms with E-state index in [2.05, 4.69) is 10.2 Å². The third kappa shape index (κ3) is 5.40. The van der Waals surface area contributed by atoms with Gasteiger partial charge >= 0.3 is 0 Å². The number of hydrogen-bond donors (Lipinski definition) is 6. The Morgan fingerprint density at radius 3 is 2.11 bits per heavy atom. The molecule has 2 unspecified atom stereocenters. The average Bonchev–Trinajstić information content (AvgIpc) is 2.92. The molecule has 2 aromatic rings. The molecule has 0 aliphatic carbocycles. The molecule has 154 valence electrons. The third-order valence-corrected chi connectivity index (χ3v) is 5.31. The number of aryl methyl sites for hydroxylation is 1. The molecular formula is C18H27N5O4S. The van der Waals surface area contributed by atoms with Gasteiger partial charge in [0, 0.05) is 24.3 Å². The molecule has 0 aliphatic heterocycles. The van der Waals surface area contributed by atoms with Gasteiger partial charge in [-0.3, -0.25) is 0 Å². The molecule has 0 bridgehead atoms. The third-order valence-electron chi connectivity index (χ3n) is 4.29. The van der Waals surface area contributed by atoms with Crippen LogP contribution in [0.2, 0.25) is 0 Å². The number of hydrogen-bond acceptors (Lipinski definition) is 10. The van der Waals surface area contributed by atoms with Crippen LogP contribution in [-0.2, 0) is 0 Å². The van der Waals surface area contributed by atoms with E-state index in [0.29, 0.717) is 27.1 Å². The predicted octanol–water partition coefficient (Wildman–Crippen LogP) is 1.46. The second kappa shape index (κ2) is 9.80. The summed E-state index contributed by atoms with van der Waals surface area (Å²) in [6.45, 7) is 3.11. The Morgan fingerprint density at radius 1 is 1.04 bits per heavy atom. The molecule has 1 aromatic heterocycles. The molecule has 28 heavy (non-hydrogen) atoms. The standard InChI is InChI=1S/C18H27N5O4S/c1-10-5-12(23(6-13(26)8-24)7-14(27)9-25)3-4-15(10)21-22-18-16(19)11(2)17(20)28-18/h3-5,13-14,24-27H,6-9,19-20H2,1-2H3/b22-21+. The van der Waals surface area contributed by atoms with Crippen LogP contribution in [0, 0.1) is 13.8 Å². The minimum Gasteiger partial charge on any atom is -0.396 e. The fourth-order valence-corrected chi connectivity index (χ4v) is 3.38. The van der Waals surface area contributed by atoms with E-state index in [-0.39, 0.29) is 13.1 Å². The smallest absolute Gasteiger partial charge is 0.164 e. The van der Waals surface area contributed by atoms with Crippen LogP contribution < -0.4 is 16.4 Å². The summed E-state index contributed by atoms with van der Waals surface area (Å²) in [5, 5.41) is 47.4. The van der Waals surface area contributed by atoms with Gasteiger partial charge in [-0.05, 0) is 37.6 Å². The van der Waals surface area contributed by atoms with Crippen molar-refractivity contribution < 1.29 is 20.4 Å². The van der Waals surface area contributed by atoms with Crippen molar-refractivity contribution in [1.82, 2.24) is 0 Å². The lowest BCUT2D eigenvalue weighted by atomic mass is 10.1. The number of rotatable bonds is 9. The highest BCUT2D eigenvalue weighted by atomic mass is 32.1. The number of azo groups is 1. The Hall–Kier alpha value is -2.24. The van der Waals surface area contributed by atoms with Crippen LogP contribution in [0.5, 0.6) is 0 Å². The summed E-state index contributed by atoms with van der Waals surface area (Å²) < 4.78 is 0. The topological polar surface area (TPSA) is 161 Å². The molecule has 0 radical (unpaired) electrons. The van der Waals surface area contributed by atoms with Crippen molar-refractivity contribution in [1.29, 1.82) is 0 Å². The number of nitrogen functional groups attached to an aromatic ring is 2. The van der Waals surface area contributed by atoms with Crippen molar-refractivity contribution in [2.75, 3.05) is 42.7 Å². The van der Waals surface area contributed by atoms with Crippen LogP contribution >= 0.6 is 11.3 Å². The normalized spacial score (nSPS) is 13.8. The first-order valence-electron chi connectivity index (χ1n) is 8.76. The largest absolute Gasteiger partial charge is 0.396 e. The van der Waals surface area contributed by atoms with Gasteiger partial charge in [0.2, 0.25) is 0 Å². The molecule has 1 heterocycles. The molecular weight excluding hydrogens is 382 g/mol. The van der Waals surface area contributed by atoms with Gasteiger partial charge in [0.25, 0.3) is 0 Å². The second-order valence-corrected chi connectivity index (χ2v) is 7.59. The zero-order valence-electron chi connectivity index (χ0n) is 15.9. The number of aliphatic hydroxyl groups excluding tert-OH is 4. The Kier molecular flexibility index (Phi) is 7.72. The maximum Gasteiger partial charge on any atom is 0.164 e. The van der Waals surface area contributed by atoms with Gasteiger partial charge in [-0.1, -0.05) is 11.3 Å². The lowest BCUT2D eigenvalue weighted by Gasteiger charge is -2.28. The van der Waals surface area contributed by atoms with Gasteiger partial charge in [-0.15, -0.1) is 10.2 Å². The average molecular weight is 410 g/mol. The van der Waals surface area contributed by atoms with Crippen molar-refractivity contribution in [3.63, 3.8) is 0 Å². The summed E-state index contributed by atoms with van der Waals surface area (Å²) in [7, 11) is 0. The number of thiophene rings is 1. The van der Waals surface area contributed by atoms with Crippen molar-refractivity contribution in [3.05, 3.63) is 29.3 Å². The van der Waals surface area contributed by atoms with E-state index in [9.17, 15) is 10.2 Å². The van der Waals surface area contributed by atoms with E-state index >= 15 is 0 Å². The second-order valence-electron chi connectivity index (χ2n) is 6.56. The molecule has 0 spiro atoms. The minimum atomic E-state index is -0.971. The van der Waals surface area contributed by atoms with Gasteiger partial charge in [-0.25, -0.2) is 0 Å². The van der Waals surface area contributed by atoms with E-state index in [1.807, 2.05) is 19.9 Å². The Labute approximate surface area is 167 Å². The minimum absolute atomic E-state index is 0.109. The summed E-state index contributed by atoms with van der Waals surface area (Å²) in [5.41, 5.74) is 15.3. The van der Waals surface area contributed by atoms with E-state index < -0.39 is 25.4 Å². The van der Waals surface area contributed by atoms with Gasteiger partial charge in [0.1, 0.15) is 0 Å². The van der Waals surface area contributed by atoms with Crippen molar-refractivity contribution in [3.8, 4) is 0 Å². The molecule has 2 atom stereocenters. The highest BCUT2D eigenvalue weighted by Crippen LogP contribution is 2.40. The van der Waals surface area contributed by atoms with Gasteiger partial charge in [-0.2, -0.15) is 0 Å². The van der Waals surface area contributed by atoms with Crippen molar-refractivity contribution in [2.24, 2.45) is 10.2 Å². The summed E-state index contributed by atoms with van der Waals surface area (Å²) in [6.07, 6.45) is -1.94. The first-order valence-corrected chi connectivity index (χ1v) is 9.58. The fourth-order valence-electron chi connectivity index (χ4n) is 2.56. The first kappa shape index (κ1) is 22.1. The number of benzene rings is 1. The maximum absolute atomic E-state index is 9.77. The predicted molar refractivity (Wildman–Crippen MR) is 112 cm³/mol. The van der Waals surface area contributed by atoms with Crippen LogP contribution in [0.25, 0.3) is 0 Å². The van der Waals surface area contributed by atoms with Crippen LogP contribution in [0.3, 0.4) is 0 Å². The SMILES string of the molecule is Cc1cc(N(CC(O)CO)CC(O)CO)ccc1/N=N/c1sc(N)c(C)c1N. The van der Waals surface area contributed by atoms with E-state index in [1.54, 1.807) is 17.0 Å². The maximum atomic E-state index is 9.77. The quantitative estimate of drug-likeness (QED) is 0.342. The van der Waals surface area contributed by atoms with Gasteiger partial charge in [0.15, 0.2) is 5.00 Å². The number of aliphatic hydroxyl groups is 4. The Balaban J connectivity index is 2.24. The Bertz CT molecular complexity index is 815. The van der Waals surface area contributed by atoms with Crippen LogP contribution in [-0.4, -0.2) is 58.9 Å². The zero-order chi connectivity index (χ0) is 20.8. The summed E-state index contributed by atoms with van der Waals surface area (Å²) in [5.74, 6) is 0. The molecule has 2 rings (SSSR count). The van der Waals surface area contributed by atoms with Crippen LogP contribution in [0.1, 0.15) is 11.1 Å².